The summed E-state index contributed by atoms with van der Waals surface area (Å²) < 4.78 is 5.24. The smallest absolute Gasteiger partial charge is 0.142 e. The fourth-order valence-electron chi connectivity index (χ4n) is 1.01. The first-order valence-corrected chi connectivity index (χ1v) is 3.90. The highest BCUT2D eigenvalue weighted by Gasteiger charge is 2.03. The van der Waals surface area contributed by atoms with Crippen LogP contribution >= 0.6 is 0 Å². The standard InChI is InChI=1S/C9H13NO2/c1-2-12-8-5-3-4-7(6-11)9(8)10/h3-5,11H,2,6,10H2,1H3. The van der Waals surface area contributed by atoms with E-state index in [1.165, 1.54) is 0 Å². The van der Waals surface area contributed by atoms with Crippen LogP contribution in [0.3, 0.4) is 0 Å². The van der Waals surface area contributed by atoms with Crippen molar-refractivity contribution in [3.63, 3.8) is 0 Å². The average molecular weight is 167 g/mol. The Labute approximate surface area is 71.8 Å². The maximum Gasteiger partial charge on any atom is 0.142 e. The third-order valence-electron chi connectivity index (χ3n) is 1.63. The SMILES string of the molecule is CCOc1cccc(CO)c1N. The Hall–Kier alpha value is -1.22. The minimum Gasteiger partial charge on any atom is -0.492 e. The number of ether oxygens (including phenoxy) is 1. The normalized spacial score (nSPS) is 9.83. The molecule has 0 aliphatic rings. The lowest BCUT2D eigenvalue weighted by Gasteiger charge is -2.08. The molecule has 0 radical (unpaired) electrons. The highest BCUT2D eigenvalue weighted by molar-refractivity contribution is 5.58. The zero-order valence-electron chi connectivity index (χ0n) is 7.08. The fraction of sp³-hybridized carbons (Fsp3) is 0.333. The van der Waals surface area contributed by atoms with Crippen molar-refractivity contribution in [2.75, 3.05) is 12.3 Å². The molecule has 66 valence electrons. The van der Waals surface area contributed by atoms with Crippen LogP contribution in [0.1, 0.15) is 12.5 Å². The van der Waals surface area contributed by atoms with E-state index in [1.54, 1.807) is 12.1 Å². The number of hydrogen-bond acceptors (Lipinski definition) is 3. The van der Waals surface area contributed by atoms with Crippen molar-refractivity contribution in [1.82, 2.24) is 0 Å². The van der Waals surface area contributed by atoms with Crippen LogP contribution in [-0.2, 0) is 6.61 Å². The van der Waals surface area contributed by atoms with Gasteiger partial charge in [0.25, 0.3) is 0 Å². The molecule has 1 aromatic rings. The Bertz CT molecular complexity index is 261. The summed E-state index contributed by atoms with van der Waals surface area (Å²) in [6.07, 6.45) is 0. The Morgan fingerprint density at radius 1 is 1.50 bits per heavy atom. The molecule has 0 heterocycles. The second-order valence-electron chi connectivity index (χ2n) is 2.42. The van der Waals surface area contributed by atoms with Crippen LogP contribution in [0.25, 0.3) is 0 Å². The van der Waals surface area contributed by atoms with Gasteiger partial charge in [0.15, 0.2) is 0 Å². The predicted octanol–water partition coefficient (Wildman–Crippen LogP) is 1.16. The van der Waals surface area contributed by atoms with E-state index in [0.29, 0.717) is 23.6 Å². The minimum absolute atomic E-state index is 0.0489. The monoisotopic (exact) mass is 167 g/mol. The van der Waals surface area contributed by atoms with Gasteiger partial charge in [-0.2, -0.15) is 0 Å². The van der Waals surface area contributed by atoms with E-state index < -0.39 is 0 Å². The molecule has 1 rings (SSSR count). The Kier molecular flexibility index (Phi) is 2.94. The van der Waals surface area contributed by atoms with E-state index >= 15 is 0 Å². The first kappa shape index (κ1) is 8.87. The molecule has 0 aliphatic carbocycles. The van der Waals surface area contributed by atoms with E-state index in [-0.39, 0.29) is 6.61 Å². The molecule has 0 aromatic heterocycles. The lowest BCUT2D eigenvalue weighted by molar-refractivity contribution is 0.281. The summed E-state index contributed by atoms with van der Waals surface area (Å²) in [7, 11) is 0. The third-order valence-corrected chi connectivity index (χ3v) is 1.63. The summed E-state index contributed by atoms with van der Waals surface area (Å²) >= 11 is 0. The maximum atomic E-state index is 8.88. The summed E-state index contributed by atoms with van der Waals surface area (Å²) in [6, 6.07) is 5.38. The summed E-state index contributed by atoms with van der Waals surface area (Å²) in [5.74, 6) is 0.643. The zero-order valence-corrected chi connectivity index (χ0v) is 7.08. The number of hydrogen-bond donors (Lipinski definition) is 2. The Balaban J connectivity index is 2.97. The van der Waals surface area contributed by atoms with E-state index in [2.05, 4.69) is 0 Å². The topological polar surface area (TPSA) is 55.5 Å². The number of nitrogens with two attached hydrogens (primary N) is 1. The molecule has 0 atom stereocenters. The van der Waals surface area contributed by atoms with Crippen molar-refractivity contribution < 1.29 is 9.84 Å². The van der Waals surface area contributed by atoms with Crippen molar-refractivity contribution in [1.29, 1.82) is 0 Å². The molecule has 0 saturated heterocycles. The van der Waals surface area contributed by atoms with Crippen molar-refractivity contribution in [3.8, 4) is 5.75 Å². The van der Waals surface area contributed by atoms with Gasteiger partial charge in [0.1, 0.15) is 5.75 Å². The molecular formula is C9H13NO2. The molecule has 0 bridgehead atoms. The van der Waals surface area contributed by atoms with Crippen LogP contribution in [0.2, 0.25) is 0 Å². The van der Waals surface area contributed by atoms with Gasteiger partial charge in [0.05, 0.1) is 18.9 Å². The number of aliphatic hydroxyl groups is 1. The Morgan fingerprint density at radius 2 is 2.25 bits per heavy atom. The van der Waals surface area contributed by atoms with Gasteiger partial charge < -0.3 is 15.6 Å². The molecule has 0 aliphatic heterocycles. The number of rotatable bonds is 3. The van der Waals surface area contributed by atoms with Gasteiger partial charge in [-0.15, -0.1) is 0 Å². The van der Waals surface area contributed by atoms with Crippen LogP contribution < -0.4 is 10.5 Å². The van der Waals surface area contributed by atoms with Crippen LogP contribution in [0, 0.1) is 0 Å². The molecule has 0 amide bonds. The molecule has 12 heavy (non-hydrogen) atoms. The van der Waals surface area contributed by atoms with E-state index in [0.717, 1.165) is 0 Å². The van der Waals surface area contributed by atoms with Crippen molar-refractivity contribution >= 4 is 5.69 Å². The number of benzene rings is 1. The number of nitrogen functional groups attached to an aromatic ring is 1. The van der Waals surface area contributed by atoms with Gasteiger partial charge in [0, 0.05) is 5.56 Å². The number of para-hydroxylation sites is 1. The molecule has 3 nitrogen and oxygen atoms in total. The molecule has 0 spiro atoms. The van der Waals surface area contributed by atoms with Crippen molar-refractivity contribution in [2.24, 2.45) is 0 Å². The number of aliphatic hydroxyl groups excluding tert-OH is 1. The van der Waals surface area contributed by atoms with Crippen LogP contribution in [0.4, 0.5) is 5.69 Å². The number of anilines is 1. The van der Waals surface area contributed by atoms with E-state index in [9.17, 15) is 0 Å². The van der Waals surface area contributed by atoms with Crippen LogP contribution in [-0.4, -0.2) is 11.7 Å². The fourth-order valence-corrected chi connectivity index (χ4v) is 1.01. The van der Waals surface area contributed by atoms with Crippen molar-refractivity contribution in [2.45, 2.75) is 13.5 Å². The Morgan fingerprint density at radius 3 is 2.83 bits per heavy atom. The van der Waals surface area contributed by atoms with E-state index in [1.807, 2.05) is 13.0 Å². The lowest BCUT2D eigenvalue weighted by Crippen LogP contribution is -2.00. The summed E-state index contributed by atoms with van der Waals surface area (Å²) in [4.78, 5) is 0. The van der Waals surface area contributed by atoms with Crippen LogP contribution in [0.5, 0.6) is 5.75 Å². The maximum absolute atomic E-state index is 8.88. The molecule has 3 heteroatoms. The summed E-state index contributed by atoms with van der Waals surface area (Å²) in [5.41, 5.74) is 6.93. The van der Waals surface area contributed by atoms with Gasteiger partial charge in [-0.1, -0.05) is 12.1 Å². The second-order valence-corrected chi connectivity index (χ2v) is 2.42. The van der Waals surface area contributed by atoms with Gasteiger partial charge in [-0.25, -0.2) is 0 Å². The van der Waals surface area contributed by atoms with Gasteiger partial charge >= 0.3 is 0 Å². The van der Waals surface area contributed by atoms with Gasteiger partial charge in [0.2, 0.25) is 0 Å². The zero-order chi connectivity index (χ0) is 8.97. The van der Waals surface area contributed by atoms with Crippen LogP contribution in [0.15, 0.2) is 18.2 Å². The van der Waals surface area contributed by atoms with Crippen molar-refractivity contribution in [3.05, 3.63) is 23.8 Å². The van der Waals surface area contributed by atoms with Gasteiger partial charge in [-0.05, 0) is 13.0 Å². The summed E-state index contributed by atoms with van der Waals surface area (Å²) in [6.45, 7) is 2.43. The molecular weight excluding hydrogens is 154 g/mol. The van der Waals surface area contributed by atoms with Gasteiger partial charge in [-0.3, -0.25) is 0 Å². The molecule has 3 N–H and O–H groups in total. The second kappa shape index (κ2) is 3.97. The molecule has 0 fully saturated rings. The highest BCUT2D eigenvalue weighted by atomic mass is 16.5. The first-order chi connectivity index (χ1) is 5.79. The minimum atomic E-state index is -0.0489. The molecule has 1 aromatic carbocycles. The predicted molar refractivity (Wildman–Crippen MR) is 47.9 cm³/mol. The largest absolute Gasteiger partial charge is 0.492 e. The first-order valence-electron chi connectivity index (χ1n) is 3.90. The third kappa shape index (κ3) is 1.68. The van der Waals surface area contributed by atoms with E-state index in [4.69, 9.17) is 15.6 Å². The highest BCUT2D eigenvalue weighted by Crippen LogP contribution is 2.24. The molecule has 0 unspecified atom stereocenters. The summed E-state index contributed by atoms with van der Waals surface area (Å²) in [5, 5.41) is 8.88. The average Bonchev–Trinajstić information content (AvgIpc) is 2.09. The quantitative estimate of drug-likeness (QED) is 0.664. The molecule has 0 saturated carbocycles. The lowest BCUT2D eigenvalue weighted by atomic mass is 10.2.